The number of hydrogen-bond donors (Lipinski definition) is 1. The third kappa shape index (κ3) is 3.78. The molecule has 2 aliphatic heterocycles. The fourth-order valence-electron chi connectivity index (χ4n) is 6.33. The average molecular weight is 425 g/mol. The summed E-state index contributed by atoms with van der Waals surface area (Å²) in [5.41, 5.74) is 1.89. The fourth-order valence-corrected chi connectivity index (χ4v) is 6.33. The fraction of sp³-hybridized carbons (Fsp3) is 0.500. The highest BCUT2D eigenvalue weighted by Gasteiger charge is 2.52. The molecule has 1 amide bonds. The van der Waals surface area contributed by atoms with Crippen molar-refractivity contribution in [3.05, 3.63) is 71.3 Å². The maximum atomic E-state index is 13.4. The topological polar surface area (TPSA) is 32.3 Å². The Morgan fingerprint density at radius 3 is 2.06 bits per heavy atom. The van der Waals surface area contributed by atoms with Gasteiger partial charge in [0.2, 0.25) is 5.91 Å². The highest BCUT2D eigenvalue weighted by atomic mass is 19.1. The summed E-state index contributed by atoms with van der Waals surface area (Å²) in [6, 6.07) is 14.1. The number of piperidine rings is 1. The van der Waals surface area contributed by atoms with Crippen molar-refractivity contribution in [1.29, 1.82) is 0 Å². The molecule has 3 fully saturated rings. The second-order valence-corrected chi connectivity index (χ2v) is 9.52. The Morgan fingerprint density at radius 1 is 0.839 bits per heavy atom. The molecule has 3 atom stereocenters. The third-order valence-electron chi connectivity index (χ3n) is 8.05. The molecule has 5 heteroatoms. The first-order chi connectivity index (χ1) is 15.1. The molecule has 5 rings (SSSR count). The molecule has 0 aromatic heterocycles. The van der Waals surface area contributed by atoms with Gasteiger partial charge in [0.15, 0.2) is 0 Å². The van der Waals surface area contributed by atoms with Gasteiger partial charge < -0.3 is 5.32 Å². The Labute approximate surface area is 182 Å². The highest BCUT2D eigenvalue weighted by molar-refractivity contribution is 5.86. The number of halogens is 2. The molecule has 1 N–H and O–H groups in total. The molecule has 2 heterocycles. The summed E-state index contributed by atoms with van der Waals surface area (Å²) in [6.07, 6.45) is 6.38. The van der Waals surface area contributed by atoms with E-state index in [-0.39, 0.29) is 23.5 Å². The molecule has 1 saturated carbocycles. The number of carbonyl (C=O) groups is 1. The van der Waals surface area contributed by atoms with Crippen molar-refractivity contribution in [2.45, 2.75) is 56.4 Å². The standard InChI is InChI=1S/C26H30F2N2O/c27-20-9-5-18(6-10-20)22-3-1-2-4-24(22)30-15-13-26(14-16-30)23(17-29-25(26)31)19-7-11-21(28)12-8-19/h5-12,22-24H,1-4,13-17H2,(H,29,31)/t22-,23+,24-/m1/s1. The predicted molar refractivity (Wildman–Crippen MR) is 117 cm³/mol. The van der Waals surface area contributed by atoms with Gasteiger partial charge in [0.05, 0.1) is 5.41 Å². The van der Waals surface area contributed by atoms with Gasteiger partial charge in [-0.1, -0.05) is 37.1 Å². The Bertz CT molecular complexity index is 919. The van der Waals surface area contributed by atoms with Crippen LogP contribution in [0, 0.1) is 17.0 Å². The van der Waals surface area contributed by atoms with Crippen LogP contribution in [0.4, 0.5) is 8.78 Å². The Hall–Kier alpha value is -2.27. The molecule has 2 aromatic carbocycles. The lowest BCUT2D eigenvalue weighted by Crippen LogP contribution is -2.51. The highest BCUT2D eigenvalue weighted by Crippen LogP contribution is 2.49. The smallest absolute Gasteiger partial charge is 0.227 e. The van der Waals surface area contributed by atoms with Crippen LogP contribution in [0.5, 0.6) is 0 Å². The number of carbonyl (C=O) groups excluding carboxylic acids is 1. The van der Waals surface area contributed by atoms with Gasteiger partial charge >= 0.3 is 0 Å². The zero-order chi connectivity index (χ0) is 21.4. The normalized spacial score (nSPS) is 28.6. The quantitative estimate of drug-likeness (QED) is 0.753. The minimum Gasteiger partial charge on any atom is -0.355 e. The minimum atomic E-state index is -0.394. The van der Waals surface area contributed by atoms with Gasteiger partial charge in [-0.15, -0.1) is 0 Å². The molecule has 3 aliphatic rings. The van der Waals surface area contributed by atoms with Gasteiger partial charge in [-0.3, -0.25) is 9.69 Å². The summed E-state index contributed by atoms with van der Waals surface area (Å²) < 4.78 is 26.9. The van der Waals surface area contributed by atoms with Crippen molar-refractivity contribution >= 4 is 5.91 Å². The molecule has 2 aromatic rings. The molecule has 31 heavy (non-hydrogen) atoms. The summed E-state index contributed by atoms with van der Waals surface area (Å²) in [5.74, 6) is 0.250. The molecule has 0 unspecified atom stereocenters. The summed E-state index contributed by atoms with van der Waals surface area (Å²) >= 11 is 0. The monoisotopic (exact) mass is 424 g/mol. The van der Waals surface area contributed by atoms with E-state index in [0.29, 0.717) is 18.5 Å². The summed E-state index contributed by atoms with van der Waals surface area (Å²) in [6.45, 7) is 2.42. The zero-order valence-electron chi connectivity index (χ0n) is 17.8. The van der Waals surface area contributed by atoms with Gasteiger partial charge in [-0.05, 0) is 80.1 Å². The van der Waals surface area contributed by atoms with E-state index in [1.807, 2.05) is 24.3 Å². The zero-order valence-corrected chi connectivity index (χ0v) is 17.8. The number of rotatable bonds is 3. The largest absolute Gasteiger partial charge is 0.355 e. The molecule has 164 valence electrons. The maximum absolute atomic E-state index is 13.4. The van der Waals surface area contributed by atoms with Gasteiger partial charge in [-0.25, -0.2) is 8.78 Å². The van der Waals surface area contributed by atoms with E-state index in [1.165, 1.54) is 30.5 Å². The molecule has 0 radical (unpaired) electrons. The van der Waals surface area contributed by atoms with E-state index in [1.54, 1.807) is 12.1 Å². The van der Waals surface area contributed by atoms with Crippen LogP contribution >= 0.6 is 0 Å². The average Bonchev–Trinajstić information content (AvgIpc) is 3.11. The minimum absolute atomic E-state index is 0.0991. The number of benzene rings is 2. The summed E-state index contributed by atoms with van der Waals surface area (Å²) in [7, 11) is 0. The van der Waals surface area contributed by atoms with Crippen molar-refractivity contribution in [3.63, 3.8) is 0 Å². The lowest BCUT2D eigenvalue weighted by atomic mass is 9.67. The molecule has 3 nitrogen and oxygen atoms in total. The third-order valence-corrected chi connectivity index (χ3v) is 8.05. The first-order valence-electron chi connectivity index (χ1n) is 11.6. The second kappa shape index (κ2) is 8.34. The molecule has 1 aliphatic carbocycles. The number of nitrogens with zero attached hydrogens (tertiary/aromatic N) is 1. The molecular formula is C26H30F2N2O. The van der Waals surface area contributed by atoms with Crippen LogP contribution in [0.1, 0.15) is 61.5 Å². The number of amides is 1. The number of nitrogens with one attached hydrogen (secondary N) is 1. The SMILES string of the molecule is O=C1NC[C@@H](c2ccc(F)cc2)C12CCN([C@@H]1CCCC[C@@H]1c1ccc(F)cc1)CC2. The van der Waals surface area contributed by atoms with Crippen molar-refractivity contribution in [2.75, 3.05) is 19.6 Å². The van der Waals surface area contributed by atoms with Crippen LogP contribution in [-0.2, 0) is 4.79 Å². The van der Waals surface area contributed by atoms with Crippen molar-refractivity contribution in [1.82, 2.24) is 10.2 Å². The lowest BCUT2D eigenvalue weighted by molar-refractivity contribution is -0.131. The van der Waals surface area contributed by atoms with Crippen LogP contribution in [-0.4, -0.2) is 36.5 Å². The van der Waals surface area contributed by atoms with Crippen molar-refractivity contribution in [2.24, 2.45) is 5.41 Å². The number of likely N-dealkylation sites (tertiary alicyclic amines) is 1. The molecular weight excluding hydrogens is 394 g/mol. The summed E-state index contributed by atoms with van der Waals surface area (Å²) in [4.78, 5) is 15.5. The van der Waals surface area contributed by atoms with Crippen molar-refractivity contribution < 1.29 is 13.6 Å². The van der Waals surface area contributed by atoms with Gasteiger partial charge in [-0.2, -0.15) is 0 Å². The first kappa shape index (κ1) is 20.6. The molecule has 2 saturated heterocycles. The van der Waals surface area contributed by atoms with Gasteiger partial charge in [0.25, 0.3) is 0 Å². The predicted octanol–water partition coefficient (Wildman–Crippen LogP) is 4.99. The van der Waals surface area contributed by atoms with Crippen LogP contribution in [0.2, 0.25) is 0 Å². The van der Waals surface area contributed by atoms with Crippen LogP contribution < -0.4 is 5.32 Å². The number of hydrogen-bond acceptors (Lipinski definition) is 2. The van der Waals surface area contributed by atoms with E-state index < -0.39 is 5.41 Å². The lowest BCUT2D eigenvalue weighted by Gasteiger charge is -2.47. The van der Waals surface area contributed by atoms with Crippen molar-refractivity contribution in [3.8, 4) is 0 Å². The first-order valence-corrected chi connectivity index (χ1v) is 11.6. The van der Waals surface area contributed by atoms with E-state index in [2.05, 4.69) is 10.2 Å². The van der Waals surface area contributed by atoms with Gasteiger partial charge in [0.1, 0.15) is 11.6 Å². The maximum Gasteiger partial charge on any atom is 0.227 e. The van der Waals surface area contributed by atoms with E-state index >= 15 is 0 Å². The van der Waals surface area contributed by atoms with Gasteiger partial charge in [0, 0.05) is 18.5 Å². The Balaban J connectivity index is 1.34. The Kier molecular flexibility index (Phi) is 5.55. The van der Waals surface area contributed by atoms with Crippen LogP contribution in [0.15, 0.2) is 48.5 Å². The van der Waals surface area contributed by atoms with E-state index in [9.17, 15) is 13.6 Å². The summed E-state index contributed by atoms with van der Waals surface area (Å²) in [5, 5.41) is 3.09. The Morgan fingerprint density at radius 2 is 1.42 bits per heavy atom. The second-order valence-electron chi connectivity index (χ2n) is 9.52. The van der Waals surface area contributed by atoms with E-state index in [4.69, 9.17) is 0 Å². The van der Waals surface area contributed by atoms with E-state index in [0.717, 1.165) is 44.3 Å². The van der Waals surface area contributed by atoms with Crippen LogP contribution in [0.3, 0.4) is 0 Å². The van der Waals surface area contributed by atoms with Crippen LogP contribution in [0.25, 0.3) is 0 Å². The molecule has 1 spiro atoms. The molecule has 0 bridgehead atoms.